The summed E-state index contributed by atoms with van der Waals surface area (Å²) >= 11 is 0. The van der Waals surface area contributed by atoms with E-state index in [1.165, 1.54) is 14.2 Å². The van der Waals surface area contributed by atoms with Crippen LogP contribution in [0, 0.1) is 0 Å². The van der Waals surface area contributed by atoms with Crippen molar-refractivity contribution >= 4 is 5.97 Å². The van der Waals surface area contributed by atoms with E-state index in [1.54, 1.807) is 6.92 Å². The lowest BCUT2D eigenvalue weighted by Crippen LogP contribution is -2.23. The highest BCUT2D eigenvalue weighted by Crippen LogP contribution is 2.00. The fourth-order valence-corrected chi connectivity index (χ4v) is 0.756. The van der Waals surface area contributed by atoms with Crippen molar-refractivity contribution in [1.82, 2.24) is 0 Å². The molecule has 76 valence electrons. The third-order valence-corrected chi connectivity index (χ3v) is 1.27. The van der Waals surface area contributed by atoms with Crippen LogP contribution in [0.5, 0.6) is 0 Å². The summed E-state index contributed by atoms with van der Waals surface area (Å²) < 4.78 is 14.3. The summed E-state index contributed by atoms with van der Waals surface area (Å²) in [5.41, 5.74) is 5.66. The highest BCUT2D eigenvalue weighted by atomic mass is 16.7. The van der Waals surface area contributed by atoms with E-state index in [-0.39, 0.29) is 5.70 Å². The van der Waals surface area contributed by atoms with Crippen molar-refractivity contribution in [3.05, 3.63) is 11.8 Å². The predicted molar refractivity (Wildman–Crippen MR) is 46.7 cm³/mol. The number of carbonyl (C=O) groups is 1. The smallest absolute Gasteiger partial charge is 0.332 e. The third kappa shape index (κ3) is 4.49. The molecule has 0 aliphatic carbocycles. The monoisotopic (exact) mass is 189 g/mol. The highest BCUT2D eigenvalue weighted by Gasteiger charge is 2.10. The molecule has 5 nitrogen and oxygen atoms in total. The number of ether oxygens (including phenoxy) is 3. The van der Waals surface area contributed by atoms with E-state index < -0.39 is 12.3 Å². The molecular weight excluding hydrogens is 174 g/mol. The SMILES string of the molecule is CCOC(=O)/C=C(\N)C(OC)OC. The van der Waals surface area contributed by atoms with Crippen molar-refractivity contribution in [3.8, 4) is 0 Å². The molecule has 0 saturated heterocycles. The first-order valence-corrected chi connectivity index (χ1v) is 3.85. The summed E-state index contributed by atoms with van der Waals surface area (Å²) in [5.74, 6) is -0.501. The zero-order valence-corrected chi connectivity index (χ0v) is 8.07. The van der Waals surface area contributed by atoms with Gasteiger partial charge in [-0.3, -0.25) is 0 Å². The molecule has 0 aromatic rings. The van der Waals surface area contributed by atoms with Crippen molar-refractivity contribution in [1.29, 1.82) is 0 Å². The molecule has 0 bridgehead atoms. The molecule has 0 unspecified atom stereocenters. The van der Waals surface area contributed by atoms with Gasteiger partial charge in [0.05, 0.1) is 12.3 Å². The van der Waals surface area contributed by atoms with Gasteiger partial charge in [-0.2, -0.15) is 0 Å². The summed E-state index contributed by atoms with van der Waals surface area (Å²) in [5, 5.41) is 0. The number of hydrogen-bond donors (Lipinski definition) is 1. The minimum absolute atomic E-state index is 0.184. The number of methoxy groups -OCH3 is 2. The molecular formula is C8H15NO4. The average Bonchev–Trinajstić information content (AvgIpc) is 2.06. The first-order chi connectivity index (χ1) is 6.15. The molecule has 0 spiro atoms. The summed E-state index contributed by atoms with van der Waals surface area (Å²) in [6.45, 7) is 2.03. The zero-order valence-electron chi connectivity index (χ0n) is 8.07. The van der Waals surface area contributed by atoms with Crippen molar-refractivity contribution < 1.29 is 19.0 Å². The van der Waals surface area contributed by atoms with Crippen molar-refractivity contribution in [3.63, 3.8) is 0 Å². The molecule has 0 saturated carbocycles. The Hall–Kier alpha value is -1.07. The van der Waals surface area contributed by atoms with Gasteiger partial charge in [0.1, 0.15) is 0 Å². The second-order valence-electron chi connectivity index (χ2n) is 2.20. The van der Waals surface area contributed by atoms with E-state index in [0.717, 1.165) is 6.08 Å². The maximum absolute atomic E-state index is 10.9. The Bertz CT molecular complexity index is 187. The lowest BCUT2D eigenvalue weighted by Gasteiger charge is -2.12. The molecule has 0 aliphatic heterocycles. The fraction of sp³-hybridized carbons (Fsp3) is 0.625. The van der Waals surface area contributed by atoms with Crippen LogP contribution in [-0.4, -0.2) is 33.1 Å². The zero-order chi connectivity index (χ0) is 10.3. The lowest BCUT2D eigenvalue weighted by atomic mass is 10.4. The van der Waals surface area contributed by atoms with Gasteiger partial charge in [-0.1, -0.05) is 0 Å². The molecule has 13 heavy (non-hydrogen) atoms. The van der Waals surface area contributed by atoms with Gasteiger partial charge in [0, 0.05) is 20.3 Å². The van der Waals surface area contributed by atoms with Gasteiger partial charge in [0.25, 0.3) is 0 Å². The molecule has 0 aromatic carbocycles. The number of hydrogen-bond acceptors (Lipinski definition) is 5. The maximum Gasteiger partial charge on any atom is 0.332 e. The number of esters is 1. The number of rotatable bonds is 5. The Labute approximate surface area is 77.4 Å². The van der Waals surface area contributed by atoms with Crippen molar-refractivity contribution in [2.75, 3.05) is 20.8 Å². The van der Waals surface area contributed by atoms with Gasteiger partial charge in [0.2, 0.25) is 0 Å². The largest absolute Gasteiger partial charge is 0.463 e. The van der Waals surface area contributed by atoms with E-state index in [0.29, 0.717) is 6.61 Å². The molecule has 0 atom stereocenters. The topological polar surface area (TPSA) is 70.8 Å². The van der Waals surface area contributed by atoms with Gasteiger partial charge in [0.15, 0.2) is 6.29 Å². The normalized spacial score (nSPS) is 11.8. The summed E-state index contributed by atoms with van der Waals surface area (Å²) in [4.78, 5) is 10.9. The summed E-state index contributed by atoms with van der Waals surface area (Å²) in [6, 6.07) is 0. The lowest BCUT2D eigenvalue weighted by molar-refractivity contribution is -0.137. The van der Waals surface area contributed by atoms with Crippen LogP contribution in [0.1, 0.15) is 6.92 Å². The van der Waals surface area contributed by atoms with Gasteiger partial charge in [-0.05, 0) is 6.92 Å². The van der Waals surface area contributed by atoms with Crippen LogP contribution in [0.3, 0.4) is 0 Å². The Morgan fingerprint density at radius 2 is 2.00 bits per heavy atom. The first-order valence-electron chi connectivity index (χ1n) is 3.85. The van der Waals surface area contributed by atoms with Crippen molar-refractivity contribution in [2.45, 2.75) is 13.2 Å². The first kappa shape index (κ1) is 11.9. The van der Waals surface area contributed by atoms with Gasteiger partial charge in [-0.25, -0.2) is 4.79 Å². The third-order valence-electron chi connectivity index (χ3n) is 1.27. The predicted octanol–water partition coefficient (Wildman–Crippen LogP) is 0.0110. The van der Waals surface area contributed by atoms with E-state index >= 15 is 0 Å². The van der Waals surface area contributed by atoms with Crippen LogP contribution in [0.25, 0.3) is 0 Å². The second kappa shape index (κ2) is 6.45. The Balaban J connectivity index is 4.20. The van der Waals surface area contributed by atoms with Crippen LogP contribution in [-0.2, 0) is 19.0 Å². The van der Waals surface area contributed by atoms with Gasteiger partial charge >= 0.3 is 5.97 Å². The fourth-order valence-electron chi connectivity index (χ4n) is 0.756. The molecule has 0 radical (unpaired) electrons. The Kier molecular flexibility index (Phi) is 5.92. The van der Waals surface area contributed by atoms with E-state index in [1.807, 2.05) is 0 Å². The molecule has 0 amide bonds. The Morgan fingerprint density at radius 3 is 2.38 bits per heavy atom. The number of nitrogens with two attached hydrogens (primary N) is 1. The van der Waals surface area contributed by atoms with Crippen LogP contribution in [0.4, 0.5) is 0 Å². The van der Waals surface area contributed by atoms with Crippen LogP contribution >= 0.6 is 0 Å². The molecule has 0 aromatic heterocycles. The summed E-state index contributed by atoms with van der Waals surface area (Å²) in [6.07, 6.45) is 0.436. The van der Waals surface area contributed by atoms with Crippen molar-refractivity contribution in [2.24, 2.45) is 5.73 Å². The minimum atomic E-state index is -0.704. The van der Waals surface area contributed by atoms with Crippen LogP contribution in [0.15, 0.2) is 11.8 Å². The van der Waals surface area contributed by atoms with E-state index in [2.05, 4.69) is 4.74 Å². The molecule has 2 N–H and O–H groups in total. The van der Waals surface area contributed by atoms with Crippen LogP contribution in [0.2, 0.25) is 0 Å². The summed E-state index contributed by atoms with van der Waals surface area (Å²) in [7, 11) is 2.86. The molecule has 0 rings (SSSR count). The number of carbonyl (C=O) groups excluding carboxylic acids is 1. The minimum Gasteiger partial charge on any atom is -0.463 e. The highest BCUT2D eigenvalue weighted by molar-refractivity contribution is 5.82. The van der Waals surface area contributed by atoms with E-state index in [4.69, 9.17) is 15.2 Å². The maximum atomic E-state index is 10.9. The molecule has 0 aliphatic rings. The standard InChI is InChI=1S/C8H15NO4/c1-4-13-7(10)5-6(9)8(11-2)12-3/h5,8H,4,9H2,1-3H3/b6-5-. The van der Waals surface area contributed by atoms with Gasteiger partial charge < -0.3 is 19.9 Å². The molecule has 5 heteroatoms. The van der Waals surface area contributed by atoms with Crippen LogP contribution < -0.4 is 5.73 Å². The second-order valence-corrected chi connectivity index (χ2v) is 2.20. The molecule has 0 heterocycles. The quantitative estimate of drug-likeness (QED) is 0.375. The average molecular weight is 189 g/mol. The Morgan fingerprint density at radius 1 is 1.46 bits per heavy atom. The van der Waals surface area contributed by atoms with E-state index in [9.17, 15) is 4.79 Å². The van der Waals surface area contributed by atoms with Gasteiger partial charge in [-0.15, -0.1) is 0 Å². The molecule has 0 fully saturated rings.